The molecular formula is C33H34N2O4. The molecule has 0 spiro atoms. The zero-order valence-corrected chi connectivity index (χ0v) is 22.4. The van der Waals surface area contributed by atoms with Gasteiger partial charge in [0.2, 0.25) is 5.91 Å². The van der Waals surface area contributed by atoms with Crippen LogP contribution in [0.25, 0.3) is 10.8 Å². The summed E-state index contributed by atoms with van der Waals surface area (Å²) in [6.07, 6.45) is 6.64. The van der Waals surface area contributed by atoms with Crippen LogP contribution in [0.3, 0.4) is 0 Å². The van der Waals surface area contributed by atoms with Gasteiger partial charge in [-0.1, -0.05) is 30.3 Å². The number of hydrogen-bond acceptors (Lipinski definition) is 4. The Hall–Kier alpha value is -3.67. The lowest BCUT2D eigenvalue weighted by Crippen LogP contribution is -2.56. The monoisotopic (exact) mass is 522 g/mol. The molecule has 0 atom stereocenters. The van der Waals surface area contributed by atoms with Gasteiger partial charge in [-0.3, -0.25) is 19.3 Å². The molecule has 3 amide bonds. The smallest absolute Gasteiger partial charge is 0.261 e. The van der Waals surface area contributed by atoms with Gasteiger partial charge in [0.25, 0.3) is 11.8 Å². The number of amides is 3. The average Bonchev–Trinajstić information content (AvgIpc) is 2.93. The minimum absolute atomic E-state index is 0.138. The predicted octanol–water partition coefficient (Wildman–Crippen LogP) is 6.08. The van der Waals surface area contributed by atoms with Gasteiger partial charge in [-0.25, -0.2) is 0 Å². The highest BCUT2D eigenvalue weighted by atomic mass is 16.5. The Morgan fingerprint density at radius 1 is 0.897 bits per heavy atom. The topological polar surface area (TPSA) is 66.9 Å². The fourth-order valence-electron chi connectivity index (χ4n) is 8.40. The Labute approximate surface area is 228 Å². The SMILES string of the molecule is CCOc1cccc(N(CCN2C(=O)c3cccc4cccc(c34)C2=O)C(=O)C23CC4CC(CC(C4)C2)C3)c1. The highest BCUT2D eigenvalue weighted by Gasteiger charge is 2.55. The summed E-state index contributed by atoms with van der Waals surface area (Å²) in [4.78, 5) is 44.9. The van der Waals surface area contributed by atoms with Crippen molar-refractivity contribution in [2.75, 3.05) is 24.6 Å². The third-order valence-electron chi connectivity index (χ3n) is 9.58. The van der Waals surface area contributed by atoms with E-state index in [4.69, 9.17) is 4.74 Å². The highest BCUT2D eigenvalue weighted by molar-refractivity contribution is 6.25. The lowest BCUT2D eigenvalue weighted by atomic mass is 9.49. The summed E-state index contributed by atoms with van der Waals surface area (Å²) in [7, 11) is 0. The first-order chi connectivity index (χ1) is 19.0. The van der Waals surface area contributed by atoms with E-state index < -0.39 is 0 Å². The Balaban J connectivity index is 1.22. The third-order valence-corrected chi connectivity index (χ3v) is 9.58. The van der Waals surface area contributed by atoms with Crippen molar-refractivity contribution in [3.63, 3.8) is 0 Å². The molecule has 0 unspecified atom stereocenters. The van der Waals surface area contributed by atoms with Crippen molar-refractivity contribution >= 4 is 34.2 Å². The van der Waals surface area contributed by atoms with Crippen LogP contribution < -0.4 is 9.64 Å². The van der Waals surface area contributed by atoms with Gasteiger partial charge in [-0.15, -0.1) is 0 Å². The molecule has 6 nitrogen and oxygen atoms in total. The second kappa shape index (κ2) is 9.22. The normalized spacial score (nSPS) is 26.8. The van der Waals surface area contributed by atoms with Crippen molar-refractivity contribution in [3.05, 3.63) is 71.8 Å². The van der Waals surface area contributed by atoms with Crippen LogP contribution in [-0.2, 0) is 4.79 Å². The molecule has 4 bridgehead atoms. The summed E-state index contributed by atoms with van der Waals surface area (Å²) in [5.41, 5.74) is 1.51. The molecule has 0 saturated heterocycles. The Morgan fingerprint density at radius 3 is 2.08 bits per heavy atom. The Kier molecular flexibility index (Phi) is 5.76. The fraction of sp³-hybridized carbons (Fsp3) is 0.424. The van der Waals surface area contributed by atoms with Crippen LogP contribution in [0, 0.1) is 23.2 Å². The summed E-state index contributed by atoms with van der Waals surface area (Å²) in [5, 5.41) is 1.61. The molecule has 0 N–H and O–H groups in total. The second-order valence-corrected chi connectivity index (χ2v) is 12.1. The Morgan fingerprint density at radius 2 is 1.49 bits per heavy atom. The first-order valence-corrected chi connectivity index (χ1v) is 14.4. The zero-order chi connectivity index (χ0) is 26.7. The predicted molar refractivity (Wildman–Crippen MR) is 150 cm³/mol. The standard InChI is InChI=1S/C33H34N2O4/c1-2-39-26-9-5-8-25(17-26)34(32(38)33-18-21-14-22(19-33)16-23(15-21)20-33)12-13-35-30(36)27-10-3-6-24-7-4-11-28(29(24)27)31(35)37/h3-11,17,21-23H,2,12-16,18-20H2,1H3. The van der Waals surface area contributed by atoms with Crippen molar-refractivity contribution in [1.82, 2.24) is 4.90 Å². The van der Waals surface area contributed by atoms with Gasteiger partial charge < -0.3 is 9.64 Å². The molecule has 4 saturated carbocycles. The average molecular weight is 523 g/mol. The van der Waals surface area contributed by atoms with Crippen LogP contribution >= 0.6 is 0 Å². The van der Waals surface area contributed by atoms with E-state index >= 15 is 0 Å². The van der Waals surface area contributed by atoms with Gasteiger partial charge in [-0.2, -0.15) is 0 Å². The number of rotatable bonds is 7. The van der Waals surface area contributed by atoms with Crippen LogP contribution in [0.5, 0.6) is 5.75 Å². The molecule has 0 aromatic heterocycles. The van der Waals surface area contributed by atoms with Gasteiger partial charge in [0.1, 0.15) is 5.75 Å². The molecule has 3 aromatic carbocycles. The fourth-order valence-corrected chi connectivity index (χ4v) is 8.40. The summed E-state index contributed by atoms with van der Waals surface area (Å²) in [5.74, 6) is 2.18. The summed E-state index contributed by atoms with van der Waals surface area (Å²) in [6.45, 7) is 2.87. The number of benzene rings is 3. The van der Waals surface area contributed by atoms with Crippen molar-refractivity contribution in [3.8, 4) is 5.75 Å². The van der Waals surface area contributed by atoms with E-state index in [2.05, 4.69) is 0 Å². The summed E-state index contributed by atoms with van der Waals surface area (Å²) in [6, 6.07) is 18.8. The minimum atomic E-state index is -0.343. The van der Waals surface area contributed by atoms with Crippen molar-refractivity contribution in [2.45, 2.75) is 45.4 Å². The number of hydrogen-bond donors (Lipinski definition) is 0. The molecular weight excluding hydrogens is 488 g/mol. The van der Waals surface area contributed by atoms with Crippen molar-refractivity contribution in [1.29, 1.82) is 0 Å². The lowest BCUT2D eigenvalue weighted by molar-refractivity contribution is -0.143. The summed E-state index contributed by atoms with van der Waals surface area (Å²) < 4.78 is 5.77. The Bertz CT molecular complexity index is 1410. The number of nitrogens with zero attached hydrogens (tertiary/aromatic N) is 2. The van der Waals surface area contributed by atoms with E-state index in [-0.39, 0.29) is 36.2 Å². The molecule has 4 fully saturated rings. The number of imide groups is 1. The minimum Gasteiger partial charge on any atom is -0.494 e. The first-order valence-electron chi connectivity index (χ1n) is 14.4. The molecule has 5 aliphatic rings. The second-order valence-electron chi connectivity index (χ2n) is 12.1. The number of carbonyl (C=O) groups excluding carboxylic acids is 3. The van der Waals surface area contributed by atoms with E-state index in [1.54, 1.807) is 12.1 Å². The molecule has 0 radical (unpaired) electrons. The van der Waals surface area contributed by atoms with Gasteiger partial charge >= 0.3 is 0 Å². The van der Waals surface area contributed by atoms with Crippen LogP contribution in [0.4, 0.5) is 5.69 Å². The van der Waals surface area contributed by atoms with E-state index in [0.29, 0.717) is 41.2 Å². The summed E-state index contributed by atoms with van der Waals surface area (Å²) >= 11 is 0. The molecule has 1 heterocycles. The maximum atomic E-state index is 14.6. The lowest BCUT2D eigenvalue weighted by Gasteiger charge is -2.56. The van der Waals surface area contributed by atoms with E-state index in [1.165, 1.54) is 24.2 Å². The maximum Gasteiger partial charge on any atom is 0.261 e. The van der Waals surface area contributed by atoms with E-state index in [9.17, 15) is 14.4 Å². The van der Waals surface area contributed by atoms with Crippen molar-refractivity contribution < 1.29 is 19.1 Å². The van der Waals surface area contributed by atoms with E-state index in [1.807, 2.05) is 60.4 Å². The third kappa shape index (κ3) is 3.95. The molecule has 3 aromatic rings. The largest absolute Gasteiger partial charge is 0.494 e. The quantitative estimate of drug-likeness (QED) is 0.353. The van der Waals surface area contributed by atoms with Gasteiger partial charge in [0, 0.05) is 41.4 Å². The van der Waals surface area contributed by atoms with Crippen LogP contribution in [0.2, 0.25) is 0 Å². The molecule has 1 aliphatic heterocycles. The number of carbonyl (C=O) groups is 3. The number of ether oxygens (including phenoxy) is 1. The molecule has 39 heavy (non-hydrogen) atoms. The first kappa shape index (κ1) is 24.4. The van der Waals surface area contributed by atoms with Gasteiger partial charge in [0.05, 0.1) is 12.0 Å². The molecule has 8 rings (SSSR count). The van der Waals surface area contributed by atoms with Crippen LogP contribution in [0.15, 0.2) is 60.7 Å². The molecule has 200 valence electrons. The van der Waals surface area contributed by atoms with E-state index in [0.717, 1.165) is 35.7 Å². The maximum absolute atomic E-state index is 14.6. The highest BCUT2D eigenvalue weighted by Crippen LogP contribution is 2.60. The van der Waals surface area contributed by atoms with Gasteiger partial charge in [-0.05, 0) is 92.9 Å². The van der Waals surface area contributed by atoms with Crippen LogP contribution in [0.1, 0.15) is 66.2 Å². The molecule has 6 heteroatoms. The number of anilines is 1. The van der Waals surface area contributed by atoms with Crippen molar-refractivity contribution in [2.24, 2.45) is 23.2 Å². The van der Waals surface area contributed by atoms with Crippen LogP contribution in [-0.4, -0.2) is 42.3 Å². The zero-order valence-electron chi connectivity index (χ0n) is 22.4. The molecule has 4 aliphatic carbocycles. The van der Waals surface area contributed by atoms with Gasteiger partial charge in [0.15, 0.2) is 0 Å².